The first-order chi connectivity index (χ1) is 6.47. The molecule has 0 aliphatic rings. The Morgan fingerprint density at radius 2 is 1.71 bits per heavy atom. The van der Waals surface area contributed by atoms with Crippen LogP contribution in [0.3, 0.4) is 0 Å². The van der Waals surface area contributed by atoms with E-state index in [1.54, 1.807) is 0 Å². The molecule has 0 radical (unpaired) electrons. The van der Waals surface area contributed by atoms with Crippen LogP contribution < -0.4 is 0 Å². The van der Waals surface area contributed by atoms with Crippen LogP contribution in [0.1, 0.15) is 12.5 Å². The summed E-state index contributed by atoms with van der Waals surface area (Å²) in [5, 5.41) is 4.56. The highest BCUT2D eigenvalue weighted by atomic mass is 15.6. The second-order valence-corrected chi connectivity index (χ2v) is 4.44. The highest BCUT2D eigenvalue weighted by molar-refractivity contribution is 5.83. The Hall–Kier alpha value is -1.15. The van der Waals surface area contributed by atoms with Crippen LogP contribution in [0.15, 0.2) is 35.4 Å². The van der Waals surface area contributed by atoms with Gasteiger partial charge in [0.25, 0.3) is 0 Å². The van der Waals surface area contributed by atoms with Crippen LogP contribution in [0, 0.1) is 0 Å². The molecule has 0 heterocycles. The zero-order chi connectivity index (χ0) is 10.6. The summed E-state index contributed by atoms with van der Waals surface area (Å²) in [5.74, 6) is 0. The van der Waals surface area contributed by atoms with Crippen LogP contribution in [0.25, 0.3) is 0 Å². The van der Waals surface area contributed by atoms with E-state index < -0.39 is 0 Å². The Morgan fingerprint density at radius 3 is 2.21 bits per heavy atom. The molecule has 0 unspecified atom stereocenters. The maximum Gasteiger partial charge on any atom is 0.0923 e. The van der Waals surface area contributed by atoms with E-state index >= 15 is 0 Å². The van der Waals surface area contributed by atoms with Crippen LogP contribution in [0.2, 0.25) is 0 Å². The molecule has 0 spiro atoms. The van der Waals surface area contributed by atoms with Crippen molar-refractivity contribution in [2.75, 3.05) is 21.1 Å². The molecule has 0 saturated carbocycles. The van der Waals surface area contributed by atoms with Gasteiger partial charge in [0.2, 0.25) is 0 Å². The number of hydrogen-bond acceptors (Lipinski definition) is 1. The summed E-state index contributed by atoms with van der Waals surface area (Å²) in [6.07, 6.45) is 0.941. The molecule has 2 nitrogen and oxygen atoms in total. The predicted octanol–water partition coefficient (Wildman–Crippen LogP) is 2.31. The number of hydrogen-bond donors (Lipinski definition) is 0. The van der Waals surface area contributed by atoms with E-state index in [1.807, 2.05) is 6.07 Å². The highest BCUT2D eigenvalue weighted by Gasteiger charge is 2.05. The summed E-state index contributed by atoms with van der Waals surface area (Å²) in [6.45, 7) is 2.08. The number of rotatable bonds is 3. The fourth-order valence-electron chi connectivity index (χ4n) is 1.44. The molecule has 0 aromatic heterocycles. The van der Waals surface area contributed by atoms with Crippen molar-refractivity contribution < 1.29 is 4.59 Å². The first kappa shape index (κ1) is 10.9. The molecule has 0 amide bonds. The molecule has 0 aliphatic carbocycles. The summed E-state index contributed by atoms with van der Waals surface area (Å²) in [4.78, 5) is 0. The van der Waals surface area contributed by atoms with Crippen molar-refractivity contribution in [1.82, 2.24) is 0 Å². The van der Waals surface area contributed by atoms with Crippen molar-refractivity contribution in [3.63, 3.8) is 0 Å². The van der Waals surface area contributed by atoms with E-state index in [9.17, 15) is 0 Å². The highest BCUT2D eigenvalue weighted by Crippen LogP contribution is 2.02. The summed E-state index contributed by atoms with van der Waals surface area (Å²) < 4.78 is 0.638. The van der Waals surface area contributed by atoms with Crippen molar-refractivity contribution in [1.29, 1.82) is 0 Å². The summed E-state index contributed by atoms with van der Waals surface area (Å²) in [6, 6.07) is 10.4. The maximum atomic E-state index is 4.56. The summed E-state index contributed by atoms with van der Waals surface area (Å²) >= 11 is 0. The van der Waals surface area contributed by atoms with Crippen LogP contribution >= 0.6 is 0 Å². The van der Waals surface area contributed by atoms with E-state index in [4.69, 9.17) is 0 Å². The average Bonchev–Trinajstić information content (AvgIpc) is 2.02. The second kappa shape index (κ2) is 4.38. The molecule has 1 rings (SSSR count). The zero-order valence-corrected chi connectivity index (χ0v) is 9.49. The molecule has 0 atom stereocenters. The maximum absolute atomic E-state index is 4.56. The van der Waals surface area contributed by atoms with E-state index in [1.165, 1.54) is 11.3 Å². The van der Waals surface area contributed by atoms with Gasteiger partial charge in [-0.25, -0.2) is 4.59 Å². The van der Waals surface area contributed by atoms with Gasteiger partial charge in [-0.05, 0) is 12.5 Å². The van der Waals surface area contributed by atoms with Gasteiger partial charge < -0.3 is 0 Å². The fourth-order valence-corrected chi connectivity index (χ4v) is 1.44. The standard InChI is InChI=1S/C12H19N2/c1-11(13-14(2,3)4)10-12-8-6-5-7-9-12/h5-9H,10H2,1-4H3/q+1/b13-11+. The molecule has 0 aliphatic heterocycles. The lowest BCUT2D eigenvalue weighted by atomic mass is 10.1. The monoisotopic (exact) mass is 191 g/mol. The first-order valence-electron chi connectivity index (χ1n) is 4.88. The Morgan fingerprint density at radius 1 is 1.14 bits per heavy atom. The van der Waals surface area contributed by atoms with Crippen molar-refractivity contribution in [2.24, 2.45) is 5.10 Å². The number of quaternary nitrogens is 1. The Bertz CT molecular complexity index is 307. The predicted molar refractivity (Wildman–Crippen MR) is 61.3 cm³/mol. The fraction of sp³-hybridized carbons (Fsp3) is 0.417. The third-order valence-corrected chi connectivity index (χ3v) is 1.77. The second-order valence-electron chi connectivity index (χ2n) is 4.44. The van der Waals surface area contributed by atoms with Crippen molar-refractivity contribution in [3.8, 4) is 0 Å². The van der Waals surface area contributed by atoms with E-state index in [-0.39, 0.29) is 0 Å². The minimum atomic E-state index is 0.638. The first-order valence-corrected chi connectivity index (χ1v) is 4.88. The molecule has 76 valence electrons. The largest absolute Gasteiger partial charge is 0.205 e. The average molecular weight is 191 g/mol. The van der Waals surface area contributed by atoms with Crippen molar-refractivity contribution in [3.05, 3.63) is 35.9 Å². The van der Waals surface area contributed by atoms with Gasteiger partial charge in [-0.3, -0.25) is 0 Å². The minimum Gasteiger partial charge on any atom is -0.205 e. The van der Waals surface area contributed by atoms with Crippen LogP contribution in [-0.4, -0.2) is 31.4 Å². The molecular formula is C12H19N2+. The van der Waals surface area contributed by atoms with E-state index in [0.717, 1.165) is 6.42 Å². The number of benzene rings is 1. The van der Waals surface area contributed by atoms with Gasteiger partial charge in [-0.15, -0.1) is 0 Å². The van der Waals surface area contributed by atoms with Gasteiger partial charge in [0.15, 0.2) is 0 Å². The normalized spacial score (nSPS) is 13.0. The lowest BCUT2D eigenvalue weighted by Gasteiger charge is -2.16. The molecule has 0 N–H and O–H groups in total. The van der Waals surface area contributed by atoms with Gasteiger partial charge >= 0.3 is 0 Å². The lowest BCUT2D eigenvalue weighted by molar-refractivity contribution is -0.877. The van der Waals surface area contributed by atoms with Gasteiger partial charge in [0.1, 0.15) is 0 Å². The Labute approximate surface area is 86.5 Å². The van der Waals surface area contributed by atoms with Gasteiger partial charge in [0, 0.05) is 6.42 Å². The Balaban J connectivity index is 2.67. The minimum absolute atomic E-state index is 0.638. The van der Waals surface area contributed by atoms with Gasteiger partial charge in [0.05, 0.1) is 26.9 Å². The molecule has 1 aromatic carbocycles. The molecule has 0 bridgehead atoms. The van der Waals surface area contributed by atoms with Crippen molar-refractivity contribution in [2.45, 2.75) is 13.3 Å². The lowest BCUT2D eigenvalue weighted by Crippen LogP contribution is -2.29. The third kappa shape index (κ3) is 4.19. The number of nitrogens with zero attached hydrogens (tertiary/aromatic N) is 2. The molecule has 14 heavy (non-hydrogen) atoms. The van der Waals surface area contributed by atoms with Crippen LogP contribution in [0.4, 0.5) is 0 Å². The quantitative estimate of drug-likeness (QED) is 0.395. The molecule has 0 fully saturated rings. The van der Waals surface area contributed by atoms with E-state index in [0.29, 0.717) is 4.59 Å². The zero-order valence-electron chi connectivity index (χ0n) is 9.49. The smallest absolute Gasteiger partial charge is 0.0923 e. The van der Waals surface area contributed by atoms with Gasteiger partial charge in [-0.1, -0.05) is 35.4 Å². The molecule has 1 aromatic rings. The van der Waals surface area contributed by atoms with Gasteiger partial charge in [-0.2, -0.15) is 0 Å². The van der Waals surface area contributed by atoms with Crippen LogP contribution in [-0.2, 0) is 6.42 Å². The van der Waals surface area contributed by atoms with Crippen molar-refractivity contribution >= 4 is 5.71 Å². The Kier molecular flexibility index (Phi) is 3.42. The third-order valence-electron chi connectivity index (χ3n) is 1.77. The summed E-state index contributed by atoms with van der Waals surface area (Å²) in [7, 11) is 6.19. The SMILES string of the molecule is C/C(Cc1ccccc1)=N\[N+](C)(C)C. The van der Waals surface area contributed by atoms with E-state index in [2.05, 4.69) is 57.4 Å². The molecule has 0 saturated heterocycles. The molecule has 2 heteroatoms. The topological polar surface area (TPSA) is 12.4 Å². The summed E-state index contributed by atoms with van der Waals surface area (Å²) in [5.41, 5.74) is 2.49. The van der Waals surface area contributed by atoms with Crippen LogP contribution in [0.5, 0.6) is 0 Å². The molecular weight excluding hydrogens is 172 g/mol.